The molecule has 1 aliphatic heterocycles. The summed E-state index contributed by atoms with van der Waals surface area (Å²) in [5.74, 6) is -0.219. The lowest BCUT2D eigenvalue weighted by Crippen LogP contribution is -2.39. The van der Waals surface area contributed by atoms with Gasteiger partial charge in [0.25, 0.3) is 0 Å². The van der Waals surface area contributed by atoms with E-state index in [0.717, 1.165) is 56.2 Å². The van der Waals surface area contributed by atoms with E-state index >= 15 is 0 Å². The van der Waals surface area contributed by atoms with Gasteiger partial charge in [-0.1, -0.05) is 0 Å². The largest absolute Gasteiger partial charge is 0.379 e. The molecule has 4 nitrogen and oxygen atoms in total. The smallest absolute Gasteiger partial charge is 0.164 e. The molecule has 1 aromatic carbocycles. The number of halogens is 1. The zero-order chi connectivity index (χ0) is 14.7. The molecule has 0 bridgehead atoms. The van der Waals surface area contributed by atoms with Crippen molar-refractivity contribution in [3.63, 3.8) is 0 Å². The molecule has 1 aromatic heterocycles. The number of rotatable bonds is 4. The van der Waals surface area contributed by atoms with Crippen LogP contribution < -0.4 is 5.59 Å². The number of imidazole rings is 1. The van der Waals surface area contributed by atoms with Gasteiger partial charge in [0.1, 0.15) is 5.82 Å². The van der Waals surface area contributed by atoms with Crippen molar-refractivity contribution in [3.8, 4) is 11.3 Å². The highest BCUT2D eigenvalue weighted by Crippen LogP contribution is 2.15. The second kappa shape index (κ2) is 6.41. The molecule has 3 rings (SSSR count). The van der Waals surface area contributed by atoms with Crippen LogP contribution in [0.15, 0.2) is 30.6 Å². The molecule has 1 saturated heterocycles. The van der Waals surface area contributed by atoms with Gasteiger partial charge in [-0.3, -0.25) is 4.90 Å². The van der Waals surface area contributed by atoms with Crippen LogP contribution in [0.1, 0.15) is 0 Å². The van der Waals surface area contributed by atoms with Gasteiger partial charge >= 0.3 is 0 Å². The Bertz CT molecular complexity index is 593. The van der Waals surface area contributed by atoms with Gasteiger partial charge in [0.05, 0.1) is 25.2 Å². The number of benzene rings is 1. The van der Waals surface area contributed by atoms with Crippen molar-refractivity contribution in [1.29, 1.82) is 0 Å². The maximum absolute atomic E-state index is 13.0. The average molecular weight is 287 g/mol. The minimum Gasteiger partial charge on any atom is -0.379 e. The third-order valence-corrected chi connectivity index (χ3v) is 3.98. The van der Waals surface area contributed by atoms with Crippen LogP contribution in [0, 0.1) is 5.82 Å². The first-order valence-corrected chi connectivity index (χ1v) is 7.32. The Morgan fingerprint density at radius 1 is 1.14 bits per heavy atom. The molecule has 0 saturated carbocycles. The Kier molecular flexibility index (Phi) is 4.36. The molecular formula is C15H19BFN3O. The molecular weight excluding hydrogens is 268 g/mol. The average Bonchev–Trinajstić information content (AvgIpc) is 2.88. The Hall–Kier alpha value is -1.66. The molecule has 0 atom stereocenters. The molecule has 0 amide bonds. The van der Waals surface area contributed by atoms with Gasteiger partial charge in [0.15, 0.2) is 7.85 Å². The molecule has 1 fully saturated rings. The van der Waals surface area contributed by atoms with E-state index in [1.54, 1.807) is 12.1 Å². The Labute approximate surface area is 125 Å². The van der Waals surface area contributed by atoms with Crippen LogP contribution in [0.5, 0.6) is 0 Å². The fraction of sp³-hybridized carbons (Fsp3) is 0.400. The van der Waals surface area contributed by atoms with Crippen LogP contribution in [0.25, 0.3) is 11.3 Å². The quantitative estimate of drug-likeness (QED) is 0.757. The lowest BCUT2D eigenvalue weighted by atomic mass is 9.97. The zero-order valence-electron chi connectivity index (χ0n) is 12.3. The Morgan fingerprint density at radius 3 is 2.57 bits per heavy atom. The van der Waals surface area contributed by atoms with E-state index in [1.165, 1.54) is 12.1 Å². The van der Waals surface area contributed by atoms with Crippen LogP contribution in [-0.4, -0.2) is 55.1 Å². The first kappa shape index (κ1) is 14.3. The fourth-order valence-electron chi connectivity index (χ4n) is 2.63. The summed E-state index contributed by atoms with van der Waals surface area (Å²) in [7, 11) is 2.06. The summed E-state index contributed by atoms with van der Waals surface area (Å²) in [5, 5.41) is 0. The zero-order valence-corrected chi connectivity index (χ0v) is 12.3. The van der Waals surface area contributed by atoms with Crippen LogP contribution in [-0.2, 0) is 11.3 Å². The molecule has 0 aliphatic carbocycles. The van der Waals surface area contributed by atoms with Gasteiger partial charge in [-0.15, -0.1) is 0 Å². The molecule has 0 radical (unpaired) electrons. The standard InChI is InChI=1S/C15H19BFN3O/c16-15-14(12-1-3-13(17)4-2-12)18-11-20(15)6-5-19-7-9-21-10-8-19/h1-4,11H,5-10,16H2. The van der Waals surface area contributed by atoms with Crippen molar-refractivity contribution in [2.24, 2.45) is 0 Å². The summed E-state index contributed by atoms with van der Waals surface area (Å²) in [6.45, 7) is 5.56. The number of aromatic nitrogens is 2. The molecule has 0 N–H and O–H groups in total. The van der Waals surface area contributed by atoms with E-state index in [2.05, 4.69) is 22.3 Å². The molecule has 0 spiro atoms. The maximum atomic E-state index is 13.0. The van der Waals surface area contributed by atoms with E-state index in [1.807, 2.05) is 6.33 Å². The fourth-order valence-corrected chi connectivity index (χ4v) is 2.63. The summed E-state index contributed by atoms with van der Waals surface area (Å²) >= 11 is 0. The highest BCUT2D eigenvalue weighted by Gasteiger charge is 2.12. The molecule has 21 heavy (non-hydrogen) atoms. The topological polar surface area (TPSA) is 30.3 Å². The van der Waals surface area contributed by atoms with E-state index in [0.29, 0.717) is 0 Å². The highest BCUT2D eigenvalue weighted by atomic mass is 19.1. The molecule has 2 heterocycles. The first-order valence-electron chi connectivity index (χ1n) is 7.32. The van der Waals surface area contributed by atoms with E-state index in [9.17, 15) is 4.39 Å². The molecule has 1 aliphatic rings. The third-order valence-electron chi connectivity index (χ3n) is 3.98. The summed E-state index contributed by atoms with van der Waals surface area (Å²) in [6.07, 6.45) is 1.87. The van der Waals surface area contributed by atoms with Crippen molar-refractivity contribution in [2.45, 2.75) is 6.54 Å². The van der Waals surface area contributed by atoms with Crippen molar-refractivity contribution in [3.05, 3.63) is 36.4 Å². The molecule has 2 aromatic rings. The Balaban J connectivity index is 1.68. The van der Waals surface area contributed by atoms with Gasteiger partial charge in [-0.2, -0.15) is 0 Å². The van der Waals surface area contributed by atoms with Crippen molar-refractivity contribution in [2.75, 3.05) is 32.8 Å². The van der Waals surface area contributed by atoms with Crippen LogP contribution >= 0.6 is 0 Å². The predicted octanol–water partition coefficient (Wildman–Crippen LogP) is 0.280. The second-order valence-corrected chi connectivity index (χ2v) is 5.33. The first-order chi connectivity index (χ1) is 10.2. The number of morpholine rings is 1. The van der Waals surface area contributed by atoms with E-state index in [4.69, 9.17) is 4.74 Å². The Morgan fingerprint density at radius 2 is 1.86 bits per heavy atom. The summed E-state index contributed by atoms with van der Waals surface area (Å²) in [4.78, 5) is 6.88. The lowest BCUT2D eigenvalue weighted by molar-refractivity contribution is 0.0365. The van der Waals surface area contributed by atoms with Gasteiger partial charge in [-0.25, -0.2) is 9.37 Å². The third kappa shape index (κ3) is 3.33. The minimum atomic E-state index is -0.219. The summed E-state index contributed by atoms with van der Waals surface area (Å²) in [6, 6.07) is 6.50. The summed E-state index contributed by atoms with van der Waals surface area (Å²) < 4.78 is 20.5. The molecule has 0 unspecified atom stereocenters. The SMILES string of the molecule is Bc1c(-c2ccc(F)cc2)ncn1CCN1CCOCC1. The normalized spacial score (nSPS) is 16.2. The highest BCUT2D eigenvalue weighted by molar-refractivity contribution is 6.34. The number of hydrogen-bond acceptors (Lipinski definition) is 3. The van der Waals surface area contributed by atoms with Crippen LogP contribution in [0.3, 0.4) is 0 Å². The van der Waals surface area contributed by atoms with Gasteiger partial charge in [0.2, 0.25) is 0 Å². The van der Waals surface area contributed by atoms with E-state index in [-0.39, 0.29) is 5.82 Å². The number of hydrogen-bond donors (Lipinski definition) is 0. The second-order valence-electron chi connectivity index (χ2n) is 5.33. The van der Waals surface area contributed by atoms with Crippen LogP contribution in [0.4, 0.5) is 4.39 Å². The maximum Gasteiger partial charge on any atom is 0.164 e. The monoisotopic (exact) mass is 287 g/mol. The van der Waals surface area contributed by atoms with Crippen LogP contribution in [0.2, 0.25) is 0 Å². The van der Waals surface area contributed by atoms with Gasteiger partial charge in [0, 0.05) is 31.7 Å². The molecule has 6 heteroatoms. The summed E-state index contributed by atoms with van der Waals surface area (Å²) in [5.41, 5.74) is 3.01. The van der Waals surface area contributed by atoms with Crippen molar-refractivity contribution < 1.29 is 9.13 Å². The number of ether oxygens (including phenoxy) is 1. The van der Waals surface area contributed by atoms with Gasteiger partial charge in [-0.05, 0) is 29.9 Å². The van der Waals surface area contributed by atoms with Gasteiger partial charge < -0.3 is 9.30 Å². The lowest BCUT2D eigenvalue weighted by Gasteiger charge is -2.26. The number of nitrogens with zero attached hydrogens (tertiary/aromatic N) is 3. The minimum absolute atomic E-state index is 0.219. The molecule has 110 valence electrons. The predicted molar refractivity (Wildman–Crippen MR) is 83.1 cm³/mol. The van der Waals surface area contributed by atoms with Crippen molar-refractivity contribution in [1.82, 2.24) is 14.5 Å². The van der Waals surface area contributed by atoms with Crippen molar-refractivity contribution >= 4 is 13.4 Å². The van der Waals surface area contributed by atoms with E-state index < -0.39 is 0 Å².